The van der Waals surface area contributed by atoms with Crippen LogP contribution in [0.5, 0.6) is 5.75 Å². The van der Waals surface area contributed by atoms with Crippen LogP contribution >= 0.6 is 23.2 Å². The van der Waals surface area contributed by atoms with Crippen molar-refractivity contribution in [1.29, 1.82) is 0 Å². The third-order valence-corrected chi connectivity index (χ3v) is 6.32. The minimum Gasteiger partial charge on any atom is -0.494 e. The summed E-state index contributed by atoms with van der Waals surface area (Å²) in [4.78, 5) is 29.1. The summed E-state index contributed by atoms with van der Waals surface area (Å²) in [7, 11) is 1.60. The van der Waals surface area contributed by atoms with Gasteiger partial charge in [-0.05, 0) is 34.4 Å². The largest absolute Gasteiger partial charge is 0.494 e. The van der Waals surface area contributed by atoms with Crippen LogP contribution in [-0.2, 0) is 17.6 Å². The van der Waals surface area contributed by atoms with E-state index in [1.165, 1.54) is 12.4 Å². The molecule has 180 valence electrons. The number of ether oxygens (including phenoxy) is 1. The Bertz CT molecular complexity index is 1520. The highest BCUT2D eigenvalue weighted by atomic mass is 35.5. The summed E-state index contributed by atoms with van der Waals surface area (Å²) in [5.74, 6) is 1.15. The van der Waals surface area contributed by atoms with Crippen LogP contribution in [0.3, 0.4) is 0 Å². The summed E-state index contributed by atoms with van der Waals surface area (Å²) in [6.07, 6.45) is 7.14. The number of hydrogen-bond donors (Lipinski definition) is 2. The number of pyridine rings is 2. The number of amides is 1. The third-order valence-electron chi connectivity index (χ3n) is 5.75. The van der Waals surface area contributed by atoms with Crippen molar-refractivity contribution in [3.8, 4) is 16.9 Å². The summed E-state index contributed by atoms with van der Waals surface area (Å²) in [5.41, 5.74) is 5.76. The molecule has 5 aromatic rings. The number of methoxy groups -OCH3 is 1. The minimum absolute atomic E-state index is 0.0829. The number of rotatable bonds is 7. The quantitative estimate of drug-likeness (QED) is 0.271. The number of carbonyl (C=O) groups is 1. The first-order valence-electron chi connectivity index (χ1n) is 11.1. The Kier molecular flexibility index (Phi) is 6.84. The van der Waals surface area contributed by atoms with Crippen molar-refractivity contribution in [3.05, 3.63) is 100 Å². The molecule has 36 heavy (non-hydrogen) atoms. The molecule has 0 spiro atoms. The van der Waals surface area contributed by atoms with Crippen molar-refractivity contribution >= 4 is 45.8 Å². The van der Waals surface area contributed by atoms with E-state index in [1.54, 1.807) is 13.3 Å². The molecule has 5 rings (SSSR count). The molecule has 3 heterocycles. The van der Waals surface area contributed by atoms with Crippen molar-refractivity contribution in [1.82, 2.24) is 19.9 Å². The first-order valence-corrected chi connectivity index (χ1v) is 11.9. The molecule has 0 unspecified atom stereocenters. The van der Waals surface area contributed by atoms with Crippen molar-refractivity contribution in [2.45, 2.75) is 12.8 Å². The number of halogens is 2. The smallest absolute Gasteiger partial charge is 0.228 e. The van der Waals surface area contributed by atoms with Crippen LogP contribution in [0.15, 0.2) is 73.3 Å². The highest BCUT2D eigenvalue weighted by Gasteiger charge is 2.17. The Hall–Kier alpha value is -3.94. The number of aromatic amines is 1. The number of aromatic nitrogens is 4. The van der Waals surface area contributed by atoms with E-state index in [1.807, 2.05) is 30.5 Å². The molecule has 9 heteroatoms. The van der Waals surface area contributed by atoms with Gasteiger partial charge in [0.05, 0.1) is 34.8 Å². The molecule has 0 radical (unpaired) electrons. The molecule has 3 aromatic heterocycles. The van der Waals surface area contributed by atoms with E-state index in [2.05, 4.69) is 44.5 Å². The van der Waals surface area contributed by atoms with Gasteiger partial charge in [-0.25, -0.2) is 4.98 Å². The molecule has 2 aromatic carbocycles. The average molecular weight is 518 g/mol. The Morgan fingerprint density at radius 2 is 1.75 bits per heavy atom. The van der Waals surface area contributed by atoms with E-state index in [-0.39, 0.29) is 22.4 Å². The lowest BCUT2D eigenvalue weighted by Gasteiger charge is -2.09. The lowest BCUT2D eigenvalue weighted by molar-refractivity contribution is -0.115. The number of nitrogens with zero attached hydrogens (tertiary/aromatic N) is 3. The highest BCUT2D eigenvalue weighted by molar-refractivity contribution is 6.39. The SMILES string of the molecule is COc1ccc(CC(=O)Nc2c(Cl)cncc2Cl)c2nc(Cc3ccc(-c4cccnc4)cc3)[nH]c12. The monoisotopic (exact) mass is 517 g/mol. The number of anilines is 1. The van der Waals surface area contributed by atoms with E-state index in [4.69, 9.17) is 32.9 Å². The van der Waals surface area contributed by atoms with Crippen molar-refractivity contribution in [2.24, 2.45) is 0 Å². The molecule has 0 atom stereocenters. The Labute approximate surface area is 217 Å². The van der Waals surface area contributed by atoms with Crippen LogP contribution in [0, 0.1) is 0 Å². The summed E-state index contributed by atoms with van der Waals surface area (Å²) in [6, 6.07) is 15.9. The van der Waals surface area contributed by atoms with E-state index >= 15 is 0 Å². The summed E-state index contributed by atoms with van der Waals surface area (Å²) in [5, 5.41) is 3.31. The second-order valence-corrected chi connectivity index (χ2v) is 8.97. The number of H-pyrrole nitrogens is 1. The van der Waals surface area contributed by atoms with E-state index in [9.17, 15) is 4.79 Å². The van der Waals surface area contributed by atoms with Gasteiger partial charge < -0.3 is 15.0 Å². The average Bonchev–Trinajstić information content (AvgIpc) is 3.32. The molecule has 0 saturated carbocycles. The van der Waals surface area contributed by atoms with Crippen LogP contribution in [0.1, 0.15) is 17.0 Å². The zero-order chi connectivity index (χ0) is 25.1. The maximum atomic E-state index is 12.8. The fraction of sp³-hybridized carbons (Fsp3) is 0.111. The van der Waals surface area contributed by atoms with Gasteiger partial charge in [0.1, 0.15) is 17.1 Å². The number of hydrogen-bond acceptors (Lipinski definition) is 5. The van der Waals surface area contributed by atoms with Crippen LogP contribution in [0.4, 0.5) is 5.69 Å². The molecule has 0 fully saturated rings. The summed E-state index contributed by atoms with van der Waals surface area (Å²) in [6.45, 7) is 0. The van der Waals surface area contributed by atoms with Gasteiger partial charge in [-0.3, -0.25) is 14.8 Å². The molecule has 7 nitrogen and oxygen atoms in total. The topological polar surface area (TPSA) is 92.8 Å². The predicted octanol–water partition coefficient (Wildman–Crippen LogP) is 6.11. The second-order valence-electron chi connectivity index (χ2n) is 8.15. The molecule has 0 saturated heterocycles. The van der Waals surface area contributed by atoms with Gasteiger partial charge in [0.2, 0.25) is 5.91 Å². The van der Waals surface area contributed by atoms with Crippen LogP contribution < -0.4 is 10.1 Å². The minimum atomic E-state index is -0.271. The Morgan fingerprint density at radius 3 is 2.44 bits per heavy atom. The zero-order valence-corrected chi connectivity index (χ0v) is 20.8. The van der Waals surface area contributed by atoms with E-state index < -0.39 is 0 Å². The van der Waals surface area contributed by atoms with Crippen LogP contribution in [0.2, 0.25) is 10.0 Å². The Balaban J connectivity index is 1.38. The molecule has 0 aliphatic carbocycles. The van der Waals surface area contributed by atoms with Gasteiger partial charge >= 0.3 is 0 Å². The van der Waals surface area contributed by atoms with Crippen LogP contribution in [-0.4, -0.2) is 33.0 Å². The number of benzene rings is 2. The first kappa shape index (κ1) is 23.8. The molecular weight excluding hydrogens is 497 g/mol. The van der Waals surface area contributed by atoms with Crippen molar-refractivity contribution in [3.63, 3.8) is 0 Å². The number of carbonyl (C=O) groups excluding carboxylic acids is 1. The Morgan fingerprint density at radius 1 is 0.972 bits per heavy atom. The van der Waals surface area contributed by atoms with Crippen molar-refractivity contribution in [2.75, 3.05) is 12.4 Å². The maximum Gasteiger partial charge on any atom is 0.228 e. The lowest BCUT2D eigenvalue weighted by Crippen LogP contribution is -2.15. The fourth-order valence-electron chi connectivity index (χ4n) is 4.00. The molecule has 0 aliphatic rings. The second kappa shape index (κ2) is 10.4. The van der Waals surface area contributed by atoms with Gasteiger partial charge in [0.25, 0.3) is 0 Å². The molecule has 1 amide bonds. The maximum absolute atomic E-state index is 12.8. The fourth-order valence-corrected chi connectivity index (χ4v) is 4.46. The summed E-state index contributed by atoms with van der Waals surface area (Å²) >= 11 is 12.3. The van der Waals surface area contributed by atoms with Gasteiger partial charge in [-0.1, -0.05) is 59.6 Å². The normalized spacial score (nSPS) is 11.0. The van der Waals surface area contributed by atoms with Crippen molar-refractivity contribution < 1.29 is 9.53 Å². The number of nitrogens with one attached hydrogen (secondary N) is 2. The zero-order valence-electron chi connectivity index (χ0n) is 19.3. The first-order chi connectivity index (χ1) is 17.5. The summed E-state index contributed by atoms with van der Waals surface area (Å²) < 4.78 is 5.52. The third kappa shape index (κ3) is 5.03. The standard InChI is InChI=1S/C27H21Cl2N5O2/c1-36-22-9-8-18(12-24(35)34-26-20(28)14-31-15-21(26)29)25-27(22)33-23(32-25)11-16-4-6-17(7-5-16)19-3-2-10-30-13-19/h2-10,13-15H,11-12H2,1H3,(H,32,33)(H,31,34,35). The van der Waals surface area contributed by atoms with E-state index in [0.29, 0.717) is 23.4 Å². The molecular formula is C27H21Cl2N5O2. The molecule has 2 N–H and O–H groups in total. The van der Waals surface area contributed by atoms with Crippen LogP contribution in [0.25, 0.3) is 22.2 Å². The van der Waals surface area contributed by atoms with Gasteiger partial charge in [-0.15, -0.1) is 0 Å². The van der Waals surface area contributed by atoms with Gasteiger partial charge in [0, 0.05) is 31.2 Å². The van der Waals surface area contributed by atoms with Gasteiger partial charge in [-0.2, -0.15) is 0 Å². The highest BCUT2D eigenvalue weighted by Crippen LogP contribution is 2.31. The molecule has 0 aliphatic heterocycles. The van der Waals surface area contributed by atoms with Gasteiger partial charge in [0.15, 0.2) is 0 Å². The number of fused-ring (bicyclic) bond motifs is 1. The lowest BCUT2D eigenvalue weighted by atomic mass is 10.0. The molecule has 0 bridgehead atoms. The van der Waals surface area contributed by atoms with E-state index in [0.717, 1.165) is 33.6 Å². The predicted molar refractivity (Wildman–Crippen MR) is 142 cm³/mol. The number of imidazole rings is 1.